The lowest BCUT2D eigenvalue weighted by Gasteiger charge is -2.33. The number of fused-ring (bicyclic) bond motifs is 1. The Balaban J connectivity index is 2.01. The maximum absolute atomic E-state index is 6.55. The third-order valence-corrected chi connectivity index (χ3v) is 10.4. The molecule has 2 unspecified atom stereocenters. The predicted molar refractivity (Wildman–Crippen MR) is 81.0 cm³/mol. The van der Waals surface area contributed by atoms with E-state index in [1.165, 1.54) is 43.2 Å². The summed E-state index contributed by atoms with van der Waals surface area (Å²) >= 11 is 0. The Morgan fingerprint density at radius 1 is 1.28 bits per heavy atom. The normalized spacial score (nSPS) is 31.0. The van der Waals surface area contributed by atoms with Gasteiger partial charge in [-0.15, -0.1) is 0 Å². The summed E-state index contributed by atoms with van der Waals surface area (Å²) in [6.45, 7) is 11.7. The molecule has 2 aliphatic rings. The highest BCUT2D eigenvalue weighted by Crippen LogP contribution is 2.65. The first kappa shape index (κ1) is 14.2. The fraction of sp³-hybridized carbons (Fsp3) is 0.875. The largest absolute Gasteiger partial charge is 0.547 e. The maximum Gasteiger partial charge on any atom is 0.250 e. The monoisotopic (exact) mass is 266 g/mol. The molecular weight excluding hydrogens is 236 g/mol. The van der Waals surface area contributed by atoms with Crippen molar-refractivity contribution in [3.63, 3.8) is 0 Å². The van der Waals surface area contributed by atoms with Crippen LogP contribution in [0.5, 0.6) is 0 Å². The second kappa shape index (κ2) is 5.03. The summed E-state index contributed by atoms with van der Waals surface area (Å²) in [5.41, 5.74) is 0.654. The predicted octanol–water partition coefficient (Wildman–Crippen LogP) is 5.35. The fourth-order valence-corrected chi connectivity index (χ4v) is 6.48. The van der Waals surface area contributed by atoms with Crippen molar-refractivity contribution >= 4 is 8.32 Å². The van der Waals surface area contributed by atoms with Gasteiger partial charge in [0.15, 0.2) is 0 Å². The average Bonchev–Trinajstić information content (AvgIpc) is 3.11. The zero-order chi connectivity index (χ0) is 13.4. The van der Waals surface area contributed by atoms with Crippen LogP contribution in [-0.2, 0) is 4.43 Å². The van der Waals surface area contributed by atoms with Crippen molar-refractivity contribution in [3.8, 4) is 0 Å². The van der Waals surface area contributed by atoms with E-state index in [1.807, 2.05) is 0 Å². The van der Waals surface area contributed by atoms with Gasteiger partial charge < -0.3 is 4.43 Å². The Hall–Kier alpha value is -0.243. The van der Waals surface area contributed by atoms with Crippen LogP contribution in [0.15, 0.2) is 11.8 Å². The van der Waals surface area contributed by atoms with Crippen LogP contribution in [0.4, 0.5) is 0 Å². The van der Waals surface area contributed by atoms with Crippen LogP contribution < -0.4 is 0 Å². The van der Waals surface area contributed by atoms with E-state index in [4.69, 9.17) is 4.43 Å². The Bertz CT molecular complexity index is 322. The third-order valence-electron chi connectivity index (χ3n) is 5.87. The summed E-state index contributed by atoms with van der Waals surface area (Å²) < 4.78 is 6.55. The van der Waals surface area contributed by atoms with Crippen LogP contribution in [0.3, 0.4) is 0 Å². The molecule has 0 saturated heterocycles. The van der Waals surface area contributed by atoms with E-state index in [2.05, 4.69) is 40.7 Å². The molecule has 0 aromatic heterocycles. The molecule has 0 aromatic carbocycles. The lowest BCUT2D eigenvalue weighted by atomic mass is 9.83. The minimum Gasteiger partial charge on any atom is -0.547 e. The van der Waals surface area contributed by atoms with Gasteiger partial charge in [-0.25, -0.2) is 0 Å². The Morgan fingerprint density at radius 3 is 2.33 bits per heavy atom. The fourth-order valence-electron chi connectivity index (χ4n) is 3.83. The van der Waals surface area contributed by atoms with Crippen molar-refractivity contribution in [2.45, 2.75) is 72.0 Å². The summed E-state index contributed by atoms with van der Waals surface area (Å²) in [7, 11) is -1.44. The van der Waals surface area contributed by atoms with E-state index in [0.29, 0.717) is 5.41 Å². The van der Waals surface area contributed by atoms with E-state index >= 15 is 0 Å². The van der Waals surface area contributed by atoms with Crippen molar-refractivity contribution in [2.75, 3.05) is 0 Å². The van der Waals surface area contributed by atoms with Crippen LogP contribution in [0.2, 0.25) is 18.1 Å². The minimum atomic E-state index is -1.44. The molecule has 0 spiro atoms. The molecule has 0 heterocycles. The molecule has 1 nitrogen and oxygen atoms in total. The van der Waals surface area contributed by atoms with Crippen molar-refractivity contribution in [1.29, 1.82) is 0 Å². The van der Waals surface area contributed by atoms with E-state index in [-0.39, 0.29) is 0 Å². The topological polar surface area (TPSA) is 9.23 Å². The summed E-state index contributed by atoms with van der Waals surface area (Å²) in [6, 6.07) is 3.78. The number of rotatable bonds is 6. The first-order valence-corrected chi connectivity index (χ1v) is 10.4. The summed E-state index contributed by atoms with van der Waals surface area (Å²) in [5, 5.41) is 0. The molecule has 2 heteroatoms. The Kier molecular flexibility index (Phi) is 3.96. The number of hydrogen-bond acceptors (Lipinski definition) is 1. The van der Waals surface area contributed by atoms with Crippen LogP contribution in [0.25, 0.3) is 0 Å². The van der Waals surface area contributed by atoms with Gasteiger partial charge in [-0.3, -0.25) is 0 Å². The molecule has 0 N–H and O–H groups in total. The van der Waals surface area contributed by atoms with Gasteiger partial charge in [-0.2, -0.15) is 0 Å². The van der Waals surface area contributed by atoms with Crippen LogP contribution in [-0.4, -0.2) is 8.32 Å². The quantitative estimate of drug-likeness (QED) is 0.589. The van der Waals surface area contributed by atoms with E-state index in [9.17, 15) is 0 Å². The highest BCUT2D eigenvalue weighted by molar-refractivity contribution is 6.73. The van der Waals surface area contributed by atoms with Crippen molar-refractivity contribution in [1.82, 2.24) is 0 Å². The third kappa shape index (κ3) is 2.28. The first-order chi connectivity index (χ1) is 8.52. The Labute approximate surface area is 114 Å². The molecule has 0 radical (unpaired) electrons. The lowest BCUT2D eigenvalue weighted by molar-refractivity contribution is 0.278. The van der Waals surface area contributed by atoms with Gasteiger partial charge >= 0.3 is 0 Å². The second-order valence-corrected chi connectivity index (χ2v) is 11.4. The average molecular weight is 267 g/mol. The molecule has 2 atom stereocenters. The van der Waals surface area contributed by atoms with Gasteiger partial charge in [0.25, 0.3) is 0 Å². The zero-order valence-electron chi connectivity index (χ0n) is 12.9. The SMILES string of the molecule is CC[Si](CC)(CC)OC1=CCC2(C(C)C)CC2C1. The standard InChI is InChI=1S/C16H30OSi/c1-6-18(7-2,8-3)17-15-9-10-16(13(4)5)12-14(16)11-15/h9,13-14H,6-8,10-12H2,1-5H3. The van der Waals surface area contributed by atoms with Gasteiger partial charge in [0.2, 0.25) is 8.32 Å². The molecule has 2 aliphatic carbocycles. The second-order valence-electron chi connectivity index (χ2n) is 6.71. The molecule has 1 saturated carbocycles. The molecule has 0 aliphatic heterocycles. The molecule has 2 rings (SSSR count). The Morgan fingerprint density at radius 2 is 1.89 bits per heavy atom. The number of hydrogen-bond donors (Lipinski definition) is 0. The van der Waals surface area contributed by atoms with Crippen molar-refractivity contribution < 1.29 is 4.43 Å². The van der Waals surface area contributed by atoms with Gasteiger partial charge in [0, 0.05) is 6.42 Å². The van der Waals surface area contributed by atoms with Gasteiger partial charge in [0.1, 0.15) is 0 Å². The molecule has 18 heavy (non-hydrogen) atoms. The van der Waals surface area contributed by atoms with E-state index < -0.39 is 8.32 Å². The van der Waals surface area contributed by atoms with Crippen molar-refractivity contribution in [3.05, 3.63) is 11.8 Å². The molecule has 0 aromatic rings. The van der Waals surface area contributed by atoms with Gasteiger partial charge in [-0.1, -0.05) is 34.6 Å². The minimum absolute atomic E-state index is 0.654. The smallest absolute Gasteiger partial charge is 0.250 e. The summed E-state index contributed by atoms with van der Waals surface area (Å²) in [5.74, 6) is 3.12. The number of allylic oxidation sites excluding steroid dienone is 2. The molecular formula is C16H30OSi. The van der Waals surface area contributed by atoms with Crippen molar-refractivity contribution in [2.24, 2.45) is 17.3 Å². The van der Waals surface area contributed by atoms with Crippen LogP contribution in [0.1, 0.15) is 53.9 Å². The highest BCUT2D eigenvalue weighted by atomic mass is 28.4. The summed E-state index contributed by atoms with van der Waals surface area (Å²) in [6.07, 6.45) is 6.37. The van der Waals surface area contributed by atoms with Crippen LogP contribution in [0, 0.1) is 17.3 Å². The van der Waals surface area contributed by atoms with Gasteiger partial charge in [-0.05, 0) is 54.3 Å². The zero-order valence-corrected chi connectivity index (χ0v) is 13.9. The first-order valence-electron chi connectivity index (χ1n) is 7.90. The highest BCUT2D eigenvalue weighted by Gasteiger charge is 2.57. The molecule has 1 fully saturated rings. The van der Waals surface area contributed by atoms with Crippen LogP contribution >= 0.6 is 0 Å². The molecule has 0 amide bonds. The molecule has 0 bridgehead atoms. The summed E-state index contributed by atoms with van der Waals surface area (Å²) in [4.78, 5) is 0. The van der Waals surface area contributed by atoms with Gasteiger partial charge in [0.05, 0.1) is 5.76 Å². The van der Waals surface area contributed by atoms with E-state index in [1.54, 1.807) is 0 Å². The molecule has 104 valence electrons. The maximum atomic E-state index is 6.55. The van der Waals surface area contributed by atoms with E-state index in [0.717, 1.165) is 11.8 Å². The lowest BCUT2D eigenvalue weighted by Crippen LogP contribution is -2.36.